The van der Waals surface area contributed by atoms with E-state index >= 15 is 0 Å². The molecule has 2 aromatic rings. The van der Waals surface area contributed by atoms with Crippen molar-refractivity contribution in [2.24, 2.45) is 11.8 Å². The Morgan fingerprint density at radius 3 is 2.63 bits per heavy atom. The molecule has 3 atom stereocenters. The van der Waals surface area contributed by atoms with Crippen molar-refractivity contribution >= 4 is 11.9 Å². The molecule has 1 saturated heterocycles. The number of unbranched alkanes of at least 4 members (excludes halogenated alkanes) is 2. The van der Waals surface area contributed by atoms with Gasteiger partial charge in [-0.15, -0.1) is 6.58 Å². The van der Waals surface area contributed by atoms with Crippen LogP contribution in [-0.4, -0.2) is 53.9 Å². The molecule has 1 heterocycles. The third-order valence-corrected chi connectivity index (χ3v) is 9.16. The first-order valence-electron chi connectivity index (χ1n) is 15.8. The van der Waals surface area contributed by atoms with Crippen molar-refractivity contribution in [3.05, 3.63) is 78.4 Å². The lowest BCUT2D eigenvalue weighted by Gasteiger charge is -2.54. The lowest BCUT2D eigenvalue weighted by molar-refractivity contribution is -0.136. The number of amides is 1. The fourth-order valence-electron chi connectivity index (χ4n) is 7.26. The number of piperidine rings is 1. The van der Waals surface area contributed by atoms with Gasteiger partial charge in [0.05, 0.1) is 0 Å². The van der Waals surface area contributed by atoms with Crippen molar-refractivity contribution in [2.75, 3.05) is 26.2 Å². The van der Waals surface area contributed by atoms with Crippen LogP contribution in [0.5, 0.6) is 5.75 Å². The van der Waals surface area contributed by atoms with Crippen molar-refractivity contribution < 1.29 is 14.3 Å². The highest BCUT2D eigenvalue weighted by Gasteiger charge is 2.49. The number of rotatable bonds is 13. The van der Waals surface area contributed by atoms with Gasteiger partial charge < -0.3 is 9.64 Å². The summed E-state index contributed by atoms with van der Waals surface area (Å²) in [7, 11) is 0. The monoisotopic (exact) mass is 558 g/mol. The SMILES string of the molecule is C=CCN1CC[C@@]2(c3cccc(OC(C)=O)c3)C[C@@H](N(CC(C)C)C(=O)CCCCCc3ccccc3)CC[C@@H]2C1. The summed E-state index contributed by atoms with van der Waals surface area (Å²) in [6, 6.07) is 19.0. The van der Waals surface area contributed by atoms with E-state index in [1.54, 1.807) is 0 Å². The normalized spacial score (nSPS) is 22.6. The van der Waals surface area contributed by atoms with Crippen molar-refractivity contribution in [1.29, 1.82) is 0 Å². The Labute approximate surface area is 248 Å². The maximum atomic E-state index is 13.8. The van der Waals surface area contributed by atoms with E-state index in [1.807, 2.05) is 18.2 Å². The summed E-state index contributed by atoms with van der Waals surface area (Å²) in [4.78, 5) is 30.3. The van der Waals surface area contributed by atoms with Crippen molar-refractivity contribution in [2.45, 2.75) is 90.0 Å². The van der Waals surface area contributed by atoms with Gasteiger partial charge in [-0.1, -0.05) is 68.8 Å². The Balaban J connectivity index is 1.49. The lowest BCUT2D eigenvalue weighted by Crippen LogP contribution is -2.57. The van der Waals surface area contributed by atoms with Crippen LogP contribution in [0.3, 0.4) is 0 Å². The number of ether oxygens (including phenoxy) is 1. The topological polar surface area (TPSA) is 49.9 Å². The zero-order chi connectivity index (χ0) is 29.2. The van der Waals surface area contributed by atoms with Gasteiger partial charge in [0.1, 0.15) is 5.75 Å². The average Bonchev–Trinajstić information content (AvgIpc) is 2.96. The van der Waals surface area contributed by atoms with E-state index in [4.69, 9.17) is 4.74 Å². The molecule has 1 aliphatic carbocycles. The number of hydrogen-bond acceptors (Lipinski definition) is 4. The number of aryl methyl sites for hydroxylation is 1. The maximum Gasteiger partial charge on any atom is 0.308 e. The second-order valence-corrected chi connectivity index (χ2v) is 12.7. The smallest absolute Gasteiger partial charge is 0.308 e. The number of benzene rings is 2. The zero-order valence-corrected chi connectivity index (χ0v) is 25.5. The summed E-state index contributed by atoms with van der Waals surface area (Å²) < 4.78 is 5.51. The number of fused-ring (bicyclic) bond motifs is 1. The Kier molecular flexibility index (Phi) is 11.2. The summed E-state index contributed by atoms with van der Waals surface area (Å²) in [6.07, 6.45) is 11.0. The quantitative estimate of drug-likeness (QED) is 0.113. The summed E-state index contributed by atoms with van der Waals surface area (Å²) in [5.74, 6) is 1.55. The molecule has 2 aliphatic rings. The molecule has 0 spiro atoms. The molecule has 1 amide bonds. The molecule has 5 nitrogen and oxygen atoms in total. The van der Waals surface area contributed by atoms with Gasteiger partial charge in [0, 0.05) is 44.4 Å². The lowest BCUT2D eigenvalue weighted by atomic mass is 9.57. The molecule has 1 aliphatic heterocycles. The van der Waals surface area contributed by atoms with Crippen LogP contribution in [0, 0.1) is 11.8 Å². The molecule has 0 unspecified atom stereocenters. The van der Waals surface area contributed by atoms with Crippen LogP contribution in [0.25, 0.3) is 0 Å². The second-order valence-electron chi connectivity index (χ2n) is 12.7. The molecular weight excluding hydrogens is 508 g/mol. The molecule has 0 N–H and O–H groups in total. The van der Waals surface area contributed by atoms with Gasteiger partial charge in [-0.05, 0) is 86.6 Å². The molecule has 4 rings (SSSR count). The summed E-state index contributed by atoms with van der Waals surface area (Å²) in [5, 5.41) is 0. The first-order valence-corrected chi connectivity index (χ1v) is 15.8. The first kappa shape index (κ1) is 31.0. The third-order valence-electron chi connectivity index (χ3n) is 9.16. The molecule has 41 heavy (non-hydrogen) atoms. The van der Waals surface area contributed by atoms with E-state index in [2.05, 4.69) is 72.7 Å². The van der Waals surface area contributed by atoms with Crippen LogP contribution in [0.15, 0.2) is 67.3 Å². The molecule has 1 saturated carbocycles. The van der Waals surface area contributed by atoms with Gasteiger partial charge in [-0.3, -0.25) is 14.5 Å². The van der Waals surface area contributed by atoms with Gasteiger partial charge in [-0.25, -0.2) is 0 Å². The van der Waals surface area contributed by atoms with Crippen LogP contribution in [0.1, 0.15) is 83.3 Å². The fourth-order valence-corrected chi connectivity index (χ4v) is 7.26. The number of carbonyl (C=O) groups excluding carboxylic acids is 2. The highest BCUT2D eigenvalue weighted by atomic mass is 16.5. The Morgan fingerprint density at radius 2 is 1.90 bits per heavy atom. The number of hydrogen-bond donors (Lipinski definition) is 0. The standard InChI is InChI=1S/C36H50N2O3/c1-5-22-37-23-21-36(31-16-12-17-34(24-31)41-29(4)39)25-33(20-19-32(36)27-37)38(26-28(2)3)35(40)18-11-7-10-15-30-13-8-6-9-14-30/h5-6,8-9,12-14,16-17,24,28,32-33H,1,7,10-11,15,18-23,25-27H2,2-4H3/t32-,33+,36+/m1/s1. The van der Waals surface area contributed by atoms with Crippen LogP contribution < -0.4 is 4.74 Å². The van der Waals surface area contributed by atoms with Gasteiger partial charge in [-0.2, -0.15) is 0 Å². The third kappa shape index (κ3) is 8.31. The number of nitrogens with zero attached hydrogens (tertiary/aromatic N) is 2. The molecule has 2 fully saturated rings. The predicted molar refractivity (Wildman–Crippen MR) is 167 cm³/mol. The Morgan fingerprint density at radius 1 is 1.10 bits per heavy atom. The largest absolute Gasteiger partial charge is 0.427 e. The van der Waals surface area contributed by atoms with Crippen molar-refractivity contribution in [3.63, 3.8) is 0 Å². The predicted octanol–water partition coefficient (Wildman–Crippen LogP) is 7.20. The van der Waals surface area contributed by atoms with E-state index in [9.17, 15) is 9.59 Å². The highest BCUT2D eigenvalue weighted by Crippen LogP contribution is 2.50. The molecular formula is C36H50N2O3. The summed E-state index contributed by atoms with van der Waals surface area (Å²) in [5.41, 5.74) is 2.59. The van der Waals surface area contributed by atoms with E-state index in [0.717, 1.165) is 77.5 Å². The van der Waals surface area contributed by atoms with Crippen LogP contribution in [0.4, 0.5) is 0 Å². The highest BCUT2D eigenvalue weighted by molar-refractivity contribution is 5.76. The molecule has 0 radical (unpaired) electrons. The van der Waals surface area contributed by atoms with Gasteiger partial charge >= 0.3 is 5.97 Å². The fraction of sp³-hybridized carbons (Fsp3) is 0.556. The van der Waals surface area contributed by atoms with Crippen LogP contribution in [0.2, 0.25) is 0 Å². The number of esters is 1. The first-order chi connectivity index (χ1) is 19.8. The minimum atomic E-state index is -0.295. The van der Waals surface area contributed by atoms with Gasteiger partial charge in [0.15, 0.2) is 0 Å². The summed E-state index contributed by atoms with van der Waals surface area (Å²) >= 11 is 0. The van der Waals surface area contributed by atoms with Crippen molar-refractivity contribution in [1.82, 2.24) is 9.80 Å². The van der Waals surface area contributed by atoms with E-state index < -0.39 is 0 Å². The molecule has 0 aromatic heterocycles. The molecule has 222 valence electrons. The van der Waals surface area contributed by atoms with Crippen LogP contribution >= 0.6 is 0 Å². The molecule has 5 heteroatoms. The average molecular weight is 559 g/mol. The van der Waals surface area contributed by atoms with Gasteiger partial charge in [0.2, 0.25) is 5.91 Å². The van der Waals surface area contributed by atoms with E-state index in [-0.39, 0.29) is 17.4 Å². The molecule has 0 bridgehead atoms. The maximum absolute atomic E-state index is 13.8. The van der Waals surface area contributed by atoms with Crippen LogP contribution in [-0.2, 0) is 21.4 Å². The molecule has 2 aromatic carbocycles. The minimum Gasteiger partial charge on any atom is -0.427 e. The minimum absolute atomic E-state index is 0.0397. The number of likely N-dealkylation sites (tertiary alicyclic amines) is 1. The van der Waals surface area contributed by atoms with Gasteiger partial charge in [0.25, 0.3) is 0 Å². The van der Waals surface area contributed by atoms with E-state index in [0.29, 0.717) is 29.9 Å². The second kappa shape index (κ2) is 14.8. The zero-order valence-electron chi connectivity index (χ0n) is 25.5. The number of carbonyl (C=O) groups is 2. The summed E-state index contributed by atoms with van der Waals surface area (Å²) in [6.45, 7) is 13.6. The Hall–Kier alpha value is -2.92. The van der Waals surface area contributed by atoms with Crippen molar-refractivity contribution in [3.8, 4) is 5.75 Å². The Bertz CT molecular complexity index is 1150. The van der Waals surface area contributed by atoms with E-state index in [1.165, 1.54) is 18.1 Å².